The number of hydrogen-bond donors (Lipinski definition) is 2. The molecule has 1 rings (SSSR count). The van der Waals surface area contributed by atoms with Gasteiger partial charge in [0.25, 0.3) is 0 Å². The number of rotatable bonds is 6. The minimum atomic E-state index is -0.790. The molecule has 17 heavy (non-hydrogen) atoms. The van der Waals surface area contributed by atoms with E-state index in [0.717, 1.165) is 5.56 Å². The monoisotopic (exact) mass is 235 g/mol. The van der Waals surface area contributed by atoms with Crippen LogP contribution in [0.25, 0.3) is 0 Å². The van der Waals surface area contributed by atoms with E-state index in [-0.39, 0.29) is 5.92 Å². The smallest absolute Gasteiger partial charge is 0.321 e. The van der Waals surface area contributed by atoms with Gasteiger partial charge in [0.05, 0.1) is 0 Å². The highest BCUT2D eigenvalue weighted by Crippen LogP contribution is 2.19. The van der Waals surface area contributed by atoms with Crippen LogP contribution in [0.5, 0.6) is 0 Å². The van der Waals surface area contributed by atoms with Gasteiger partial charge in [0, 0.05) is 5.92 Å². The zero-order chi connectivity index (χ0) is 12.8. The average molecular weight is 235 g/mol. The molecular weight excluding hydrogens is 214 g/mol. The third-order valence-electron chi connectivity index (χ3n) is 2.84. The summed E-state index contributed by atoms with van der Waals surface area (Å²) in [6.07, 6.45) is 0. The highest BCUT2D eigenvalue weighted by Gasteiger charge is 2.25. The van der Waals surface area contributed by atoms with Crippen molar-refractivity contribution in [2.24, 2.45) is 5.92 Å². The maximum absolute atomic E-state index is 11.3. The SMILES string of the molecule is CC(C)CNC(C(=O)O)C(C)c1ccccc1. The summed E-state index contributed by atoms with van der Waals surface area (Å²) in [7, 11) is 0. The molecule has 0 aromatic heterocycles. The molecule has 0 radical (unpaired) electrons. The van der Waals surface area contributed by atoms with E-state index in [2.05, 4.69) is 19.2 Å². The van der Waals surface area contributed by atoms with E-state index in [1.165, 1.54) is 0 Å². The van der Waals surface area contributed by atoms with Crippen LogP contribution in [-0.4, -0.2) is 23.7 Å². The van der Waals surface area contributed by atoms with Gasteiger partial charge in [-0.3, -0.25) is 4.79 Å². The Bertz CT molecular complexity index is 348. The number of carboxylic acid groups (broad SMARTS) is 1. The zero-order valence-corrected chi connectivity index (χ0v) is 10.7. The number of hydrogen-bond acceptors (Lipinski definition) is 2. The van der Waals surface area contributed by atoms with Crippen LogP contribution in [0.15, 0.2) is 30.3 Å². The summed E-state index contributed by atoms with van der Waals surface area (Å²) in [5.41, 5.74) is 1.05. The second-order valence-electron chi connectivity index (χ2n) is 4.82. The van der Waals surface area contributed by atoms with Crippen molar-refractivity contribution in [3.63, 3.8) is 0 Å². The van der Waals surface area contributed by atoms with Crippen molar-refractivity contribution >= 4 is 5.97 Å². The second kappa shape index (κ2) is 6.40. The molecule has 0 bridgehead atoms. The molecule has 0 aliphatic carbocycles. The van der Waals surface area contributed by atoms with Gasteiger partial charge in [-0.2, -0.15) is 0 Å². The highest BCUT2D eigenvalue weighted by atomic mass is 16.4. The molecule has 1 aromatic carbocycles. The van der Waals surface area contributed by atoms with E-state index in [1.54, 1.807) is 0 Å². The molecule has 2 unspecified atom stereocenters. The molecule has 0 aliphatic rings. The van der Waals surface area contributed by atoms with Crippen molar-refractivity contribution in [1.29, 1.82) is 0 Å². The standard InChI is InChI=1S/C14H21NO2/c1-10(2)9-15-13(14(16)17)11(3)12-7-5-4-6-8-12/h4-8,10-11,13,15H,9H2,1-3H3,(H,16,17). The number of aliphatic carboxylic acids is 1. The lowest BCUT2D eigenvalue weighted by Crippen LogP contribution is -2.42. The lowest BCUT2D eigenvalue weighted by molar-refractivity contribution is -0.140. The number of carboxylic acids is 1. The van der Waals surface area contributed by atoms with Crippen molar-refractivity contribution in [3.8, 4) is 0 Å². The molecular formula is C14H21NO2. The van der Waals surface area contributed by atoms with Crippen molar-refractivity contribution in [2.45, 2.75) is 32.7 Å². The summed E-state index contributed by atoms with van der Waals surface area (Å²) in [4.78, 5) is 11.3. The maximum atomic E-state index is 11.3. The van der Waals surface area contributed by atoms with Crippen LogP contribution in [0.4, 0.5) is 0 Å². The first-order chi connectivity index (χ1) is 8.02. The van der Waals surface area contributed by atoms with Crippen LogP contribution in [0.1, 0.15) is 32.3 Å². The summed E-state index contributed by atoms with van der Waals surface area (Å²) in [6, 6.07) is 9.23. The Balaban J connectivity index is 2.74. The molecule has 0 saturated carbocycles. The normalized spacial score (nSPS) is 14.6. The fourth-order valence-corrected chi connectivity index (χ4v) is 1.79. The molecule has 0 spiro atoms. The second-order valence-corrected chi connectivity index (χ2v) is 4.82. The molecule has 2 atom stereocenters. The van der Waals surface area contributed by atoms with E-state index in [4.69, 9.17) is 0 Å². The molecule has 3 nitrogen and oxygen atoms in total. The summed E-state index contributed by atoms with van der Waals surface area (Å²) in [5, 5.41) is 12.4. The highest BCUT2D eigenvalue weighted by molar-refractivity contribution is 5.74. The molecule has 94 valence electrons. The molecule has 3 heteroatoms. The molecule has 0 amide bonds. The van der Waals surface area contributed by atoms with E-state index < -0.39 is 12.0 Å². The van der Waals surface area contributed by atoms with Crippen molar-refractivity contribution in [3.05, 3.63) is 35.9 Å². The first-order valence-electron chi connectivity index (χ1n) is 6.03. The van der Waals surface area contributed by atoms with Crippen LogP contribution in [0.2, 0.25) is 0 Å². The van der Waals surface area contributed by atoms with Crippen molar-refractivity contribution in [1.82, 2.24) is 5.32 Å². The topological polar surface area (TPSA) is 49.3 Å². The first-order valence-corrected chi connectivity index (χ1v) is 6.03. The fourth-order valence-electron chi connectivity index (χ4n) is 1.79. The third-order valence-corrected chi connectivity index (χ3v) is 2.84. The van der Waals surface area contributed by atoms with Gasteiger partial charge < -0.3 is 10.4 Å². The van der Waals surface area contributed by atoms with Gasteiger partial charge in [0.15, 0.2) is 0 Å². The lowest BCUT2D eigenvalue weighted by Gasteiger charge is -2.22. The predicted octanol–water partition coefficient (Wildman–Crippen LogP) is 2.49. The summed E-state index contributed by atoms with van der Waals surface area (Å²) < 4.78 is 0. The van der Waals surface area contributed by atoms with Crippen LogP contribution in [-0.2, 0) is 4.79 Å². The predicted molar refractivity (Wildman–Crippen MR) is 69.1 cm³/mol. The zero-order valence-electron chi connectivity index (χ0n) is 10.7. The minimum Gasteiger partial charge on any atom is -0.480 e. The van der Waals surface area contributed by atoms with E-state index in [0.29, 0.717) is 12.5 Å². The summed E-state index contributed by atoms with van der Waals surface area (Å²) >= 11 is 0. The fraction of sp³-hybridized carbons (Fsp3) is 0.500. The summed E-state index contributed by atoms with van der Waals surface area (Å²) in [6.45, 7) is 6.80. The summed E-state index contributed by atoms with van der Waals surface area (Å²) in [5.74, 6) is -0.380. The number of nitrogens with one attached hydrogen (secondary N) is 1. The Hall–Kier alpha value is -1.35. The van der Waals surface area contributed by atoms with Gasteiger partial charge in [-0.15, -0.1) is 0 Å². The van der Waals surface area contributed by atoms with Gasteiger partial charge >= 0.3 is 5.97 Å². The van der Waals surface area contributed by atoms with Crippen LogP contribution < -0.4 is 5.32 Å². The average Bonchev–Trinajstić information content (AvgIpc) is 2.29. The van der Waals surface area contributed by atoms with Crippen molar-refractivity contribution < 1.29 is 9.90 Å². The van der Waals surface area contributed by atoms with Crippen LogP contribution in [0.3, 0.4) is 0 Å². The van der Waals surface area contributed by atoms with E-state index >= 15 is 0 Å². The molecule has 0 aliphatic heterocycles. The molecule has 0 heterocycles. The first kappa shape index (κ1) is 13.7. The molecule has 2 N–H and O–H groups in total. The Morgan fingerprint density at radius 2 is 1.82 bits per heavy atom. The Kier molecular flexibility index (Phi) is 5.16. The van der Waals surface area contributed by atoms with Crippen LogP contribution >= 0.6 is 0 Å². The third kappa shape index (κ3) is 4.19. The molecule has 0 saturated heterocycles. The van der Waals surface area contributed by atoms with Gasteiger partial charge in [-0.1, -0.05) is 51.1 Å². The molecule has 1 aromatic rings. The van der Waals surface area contributed by atoms with Crippen LogP contribution in [0, 0.1) is 5.92 Å². The number of carbonyl (C=O) groups is 1. The molecule has 0 fully saturated rings. The quantitative estimate of drug-likeness (QED) is 0.796. The Morgan fingerprint density at radius 3 is 2.29 bits per heavy atom. The largest absolute Gasteiger partial charge is 0.480 e. The lowest BCUT2D eigenvalue weighted by atomic mass is 9.93. The van der Waals surface area contributed by atoms with Crippen molar-refractivity contribution in [2.75, 3.05) is 6.54 Å². The minimum absolute atomic E-state index is 0.0348. The van der Waals surface area contributed by atoms with E-state index in [9.17, 15) is 9.90 Å². The van der Waals surface area contributed by atoms with Gasteiger partial charge in [-0.05, 0) is 18.0 Å². The van der Waals surface area contributed by atoms with E-state index in [1.807, 2.05) is 37.3 Å². The Morgan fingerprint density at radius 1 is 1.24 bits per heavy atom. The van der Waals surface area contributed by atoms with Gasteiger partial charge in [0.2, 0.25) is 0 Å². The Labute approximate surface area is 103 Å². The maximum Gasteiger partial charge on any atom is 0.321 e. The van der Waals surface area contributed by atoms with Gasteiger partial charge in [-0.25, -0.2) is 0 Å². The number of benzene rings is 1. The van der Waals surface area contributed by atoms with Gasteiger partial charge in [0.1, 0.15) is 6.04 Å².